The normalized spacial score (nSPS) is 11.3. The first-order valence-electron chi connectivity index (χ1n) is 6.25. The standard InChI is InChI=1S/C16H10Cl2N2O/c17-11-4-1-10(2-5-11)3-8-15-19-14-7-6-12(18)9-13(14)16(21)20-15/h1-9H,(H,19,20,21)/b8-3+. The van der Waals surface area contributed by atoms with Crippen LogP contribution in [0.3, 0.4) is 0 Å². The highest BCUT2D eigenvalue weighted by Gasteiger charge is 2.02. The summed E-state index contributed by atoms with van der Waals surface area (Å²) in [5.74, 6) is 0.491. The topological polar surface area (TPSA) is 45.8 Å². The second-order valence-electron chi connectivity index (χ2n) is 4.50. The maximum absolute atomic E-state index is 12.0. The molecule has 1 heterocycles. The van der Waals surface area contributed by atoms with Crippen LogP contribution in [-0.2, 0) is 0 Å². The van der Waals surface area contributed by atoms with Gasteiger partial charge in [-0.05, 0) is 42.0 Å². The first-order valence-corrected chi connectivity index (χ1v) is 7.01. The smallest absolute Gasteiger partial charge is 0.259 e. The molecule has 0 fully saturated rings. The number of hydrogen-bond acceptors (Lipinski definition) is 2. The van der Waals surface area contributed by atoms with Gasteiger partial charge in [0, 0.05) is 10.0 Å². The van der Waals surface area contributed by atoms with Crippen LogP contribution in [0.2, 0.25) is 10.0 Å². The Hall–Kier alpha value is -2.10. The van der Waals surface area contributed by atoms with Gasteiger partial charge < -0.3 is 4.98 Å². The number of H-pyrrole nitrogens is 1. The van der Waals surface area contributed by atoms with Gasteiger partial charge in [-0.3, -0.25) is 4.79 Å². The lowest BCUT2D eigenvalue weighted by molar-refractivity contribution is 1.14. The summed E-state index contributed by atoms with van der Waals surface area (Å²) in [4.78, 5) is 19.1. The van der Waals surface area contributed by atoms with Crippen molar-refractivity contribution in [3.8, 4) is 0 Å². The second-order valence-corrected chi connectivity index (χ2v) is 5.37. The summed E-state index contributed by atoms with van der Waals surface area (Å²) < 4.78 is 0. The van der Waals surface area contributed by atoms with Crippen molar-refractivity contribution in [3.05, 3.63) is 74.3 Å². The molecule has 0 aliphatic heterocycles. The number of nitrogens with zero attached hydrogens (tertiary/aromatic N) is 1. The van der Waals surface area contributed by atoms with Crippen LogP contribution in [0, 0.1) is 0 Å². The summed E-state index contributed by atoms with van der Waals surface area (Å²) in [5.41, 5.74) is 1.37. The zero-order valence-corrected chi connectivity index (χ0v) is 12.3. The monoisotopic (exact) mass is 316 g/mol. The van der Waals surface area contributed by atoms with Crippen LogP contribution < -0.4 is 5.56 Å². The van der Waals surface area contributed by atoms with E-state index in [1.165, 1.54) is 0 Å². The van der Waals surface area contributed by atoms with Gasteiger partial charge in [-0.25, -0.2) is 4.98 Å². The summed E-state index contributed by atoms with van der Waals surface area (Å²) in [6.45, 7) is 0. The van der Waals surface area contributed by atoms with E-state index in [9.17, 15) is 4.79 Å². The van der Waals surface area contributed by atoms with E-state index in [4.69, 9.17) is 23.2 Å². The molecule has 0 saturated carbocycles. The van der Waals surface area contributed by atoms with Crippen molar-refractivity contribution in [2.75, 3.05) is 0 Å². The Balaban J connectivity index is 1.99. The van der Waals surface area contributed by atoms with Gasteiger partial charge in [-0.2, -0.15) is 0 Å². The van der Waals surface area contributed by atoms with Crippen LogP contribution >= 0.6 is 23.2 Å². The van der Waals surface area contributed by atoms with E-state index >= 15 is 0 Å². The van der Waals surface area contributed by atoms with Gasteiger partial charge >= 0.3 is 0 Å². The number of halogens is 2. The average molecular weight is 317 g/mol. The van der Waals surface area contributed by atoms with E-state index < -0.39 is 0 Å². The van der Waals surface area contributed by atoms with Gasteiger partial charge in [0.15, 0.2) is 0 Å². The first-order chi connectivity index (χ1) is 10.1. The van der Waals surface area contributed by atoms with Crippen LogP contribution in [0.4, 0.5) is 0 Å². The minimum Gasteiger partial charge on any atom is -0.306 e. The average Bonchev–Trinajstić information content (AvgIpc) is 2.47. The van der Waals surface area contributed by atoms with Crippen molar-refractivity contribution < 1.29 is 0 Å². The molecule has 0 bridgehead atoms. The fraction of sp³-hybridized carbons (Fsp3) is 0. The van der Waals surface area contributed by atoms with E-state index in [0.717, 1.165) is 5.56 Å². The maximum Gasteiger partial charge on any atom is 0.259 e. The van der Waals surface area contributed by atoms with E-state index in [1.807, 2.05) is 18.2 Å². The SMILES string of the molecule is O=c1[nH]c(/C=C/c2ccc(Cl)cc2)nc2ccc(Cl)cc12. The fourth-order valence-corrected chi connectivity index (χ4v) is 2.26. The maximum atomic E-state index is 12.0. The number of hydrogen-bond donors (Lipinski definition) is 1. The Labute approximate surface area is 130 Å². The van der Waals surface area contributed by atoms with Crippen LogP contribution in [0.5, 0.6) is 0 Å². The third-order valence-corrected chi connectivity index (χ3v) is 3.48. The van der Waals surface area contributed by atoms with Crippen molar-refractivity contribution in [2.24, 2.45) is 0 Å². The van der Waals surface area contributed by atoms with Crippen molar-refractivity contribution in [1.82, 2.24) is 9.97 Å². The predicted molar refractivity (Wildman–Crippen MR) is 87.8 cm³/mol. The minimum atomic E-state index is -0.210. The largest absolute Gasteiger partial charge is 0.306 e. The van der Waals surface area contributed by atoms with Gasteiger partial charge in [-0.15, -0.1) is 0 Å². The van der Waals surface area contributed by atoms with Crippen molar-refractivity contribution in [3.63, 3.8) is 0 Å². The molecule has 3 nitrogen and oxygen atoms in total. The second kappa shape index (κ2) is 5.72. The van der Waals surface area contributed by atoms with Crippen LogP contribution in [-0.4, -0.2) is 9.97 Å². The quantitative estimate of drug-likeness (QED) is 0.761. The molecular weight excluding hydrogens is 307 g/mol. The highest BCUT2D eigenvalue weighted by molar-refractivity contribution is 6.31. The molecule has 0 radical (unpaired) electrons. The molecule has 0 unspecified atom stereocenters. The van der Waals surface area contributed by atoms with Crippen LogP contribution in [0.25, 0.3) is 23.1 Å². The molecule has 0 atom stereocenters. The van der Waals surface area contributed by atoms with E-state index in [0.29, 0.717) is 26.8 Å². The molecule has 0 spiro atoms. The van der Waals surface area contributed by atoms with Gasteiger partial charge in [0.1, 0.15) is 5.82 Å². The zero-order chi connectivity index (χ0) is 14.8. The molecule has 0 amide bonds. The fourth-order valence-electron chi connectivity index (χ4n) is 1.96. The molecule has 0 saturated heterocycles. The van der Waals surface area contributed by atoms with E-state index in [2.05, 4.69) is 9.97 Å². The molecule has 3 rings (SSSR count). The lowest BCUT2D eigenvalue weighted by Crippen LogP contribution is -2.09. The molecule has 0 aliphatic carbocycles. The van der Waals surface area contributed by atoms with Gasteiger partial charge in [-0.1, -0.05) is 41.4 Å². The zero-order valence-electron chi connectivity index (χ0n) is 10.8. The number of fused-ring (bicyclic) bond motifs is 1. The molecule has 1 N–H and O–H groups in total. The van der Waals surface area contributed by atoms with Crippen molar-refractivity contribution in [1.29, 1.82) is 0 Å². The summed E-state index contributed by atoms with van der Waals surface area (Å²) in [6, 6.07) is 12.4. The first kappa shape index (κ1) is 13.9. The third kappa shape index (κ3) is 3.15. The predicted octanol–water partition coefficient (Wildman–Crippen LogP) is 4.40. The van der Waals surface area contributed by atoms with Gasteiger partial charge in [0.05, 0.1) is 10.9 Å². The lowest BCUT2D eigenvalue weighted by atomic mass is 10.2. The molecule has 0 aliphatic rings. The minimum absolute atomic E-state index is 0.210. The molecule has 5 heteroatoms. The van der Waals surface area contributed by atoms with Gasteiger partial charge in [0.25, 0.3) is 5.56 Å². The Morgan fingerprint density at radius 1 is 0.952 bits per heavy atom. The van der Waals surface area contributed by atoms with Crippen molar-refractivity contribution >= 4 is 46.3 Å². The van der Waals surface area contributed by atoms with Crippen molar-refractivity contribution in [2.45, 2.75) is 0 Å². The summed E-state index contributed by atoms with van der Waals surface area (Å²) in [7, 11) is 0. The molecule has 104 valence electrons. The summed E-state index contributed by atoms with van der Waals surface area (Å²) in [6.07, 6.45) is 3.61. The molecule has 2 aromatic carbocycles. The lowest BCUT2D eigenvalue weighted by Gasteiger charge is -1.99. The third-order valence-electron chi connectivity index (χ3n) is 2.99. The Bertz CT molecular complexity index is 883. The summed E-state index contributed by atoms with van der Waals surface area (Å²) in [5, 5.41) is 1.67. The molecule has 1 aromatic heterocycles. The van der Waals surface area contributed by atoms with Crippen LogP contribution in [0.15, 0.2) is 47.3 Å². The number of benzene rings is 2. The highest BCUT2D eigenvalue weighted by atomic mass is 35.5. The highest BCUT2D eigenvalue weighted by Crippen LogP contribution is 2.15. The Morgan fingerprint density at radius 2 is 1.67 bits per heavy atom. The summed E-state index contributed by atoms with van der Waals surface area (Å²) >= 11 is 11.7. The molecule has 3 aromatic rings. The van der Waals surface area contributed by atoms with Gasteiger partial charge in [0.2, 0.25) is 0 Å². The Kier molecular flexibility index (Phi) is 3.78. The Morgan fingerprint density at radius 3 is 2.43 bits per heavy atom. The van der Waals surface area contributed by atoms with E-state index in [-0.39, 0.29) is 5.56 Å². The van der Waals surface area contributed by atoms with E-state index in [1.54, 1.807) is 36.4 Å². The molecular formula is C16H10Cl2N2O. The number of aromatic amines is 1. The van der Waals surface area contributed by atoms with Crippen LogP contribution in [0.1, 0.15) is 11.4 Å². The molecule has 21 heavy (non-hydrogen) atoms. The number of rotatable bonds is 2. The number of nitrogens with one attached hydrogen (secondary N) is 1. The number of aromatic nitrogens is 2.